The Kier molecular flexibility index (Phi) is 6.89. The standard InChI is InChI=1S/C25H33F3N6O2/c1-15(35)32-24(10-5-6-17(13-24)33-23(2,3)4)34-11-9-20(22(34)36)31-21-18-12-16(25(26,27)28)7-8-19(18)29-14-30-21/h7-8,12,14,17,20,33H,5-6,9-11,13H2,1-4H3,(H,32,35)(H,29,30,31)/t17-,20+,24-/m1/s1. The monoisotopic (exact) mass is 506 g/mol. The molecule has 4 rings (SSSR count). The fraction of sp³-hybridized carbons (Fsp3) is 0.600. The molecular weight excluding hydrogens is 473 g/mol. The highest BCUT2D eigenvalue weighted by atomic mass is 19.4. The minimum atomic E-state index is -4.51. The molecule has 2 fully saturated rings. The molecule has 36 heavy (non-hydrogen) atoms. The molecular formula is C25H33F3N6O2. The Balaban J connectivity index is 1.59. The Labute approximate surface area is 208 Å². The lowest BCUT2D eigenvalue weighted by Gasteiger charge is -2.48. The van der Waals surface area contributed by atoms with Gasteiger partial charge in [0.15, 0.2) is 0 Å². The lowest BCUT2D eigenvalue weighted by molar-refractivity contribution is -0.140. The summed E-state index contributed by atoms with van der Waals surface area (Å²) in [5.74, 6) is -0.244. The fourth-order valence-corrected chi connectivity index (χ4v) is 5.49. The average molecular weight is 507 g/mol. The van der Waals surface area contributed by atoms with Crippen molar-refractivity contribution < 1.29 is 22.8 Å². The lowest BCUT2D eigenvalue weighted by Crippen LogP contribution is -2.66. The summed E-state index contributed by atoms with van der Waals surface area (Å²) < 4.78 is 39.9. The van der Waals surface area contributed by atoms with Crippen LogP contribution in [0.2, 0.25) is 0 Å². The van der Waals surface area contributed by atoms with Crippen LogP contribution >= 0.6 is 0 Å². The van der Waals surface area contributed by atoms with Gasteiger partial charge >= 0.3 is 6.18 Å². The zero-order chi connectivity index (χ0) is 26.3. The number of anilines is 1. The summed E-state index contributed by atoms with van der Waals surface area (Å²) in [6, 6.07) is 2.71. The molecule has 3 N–H and O–H groups in total. The number of halogens is 3. The molecule has 1 aliphatic heterocycles. The molecule has 1 aromatic carbocycles. The molecule has 2 amide bonds. The molecule has 1 aliphatic carbocycles. The number of hydrogen-bond donors (Lipinski definition) is 3. The highest BCUT2D eigenvalue weighted by Gasteiger charge is 2.49. The Morgan fingerprint density at radius 3 is 2.58 bits per heavy atom. The van der Waals surface area contributed by atoms with Crippen LogP contribution in [-0.4, -0.2) is 56.5 Å². The molecule has 2 aromatic rings. The maximum atomic E-state index is 13.6. The largest absolute Gasteiger partial charge is 0.416 e. The molecule has 8 nitrogen and oxygen atoms in total. The van der Waals surface area contributed by atoms with Gasteiger partial charge in [-0.1, -0.05) is 0 Å². The first-order chi connectivity index (χ1) is 16.8. The second-order valence-corrected chi connectivity index (χ2v) is 10.8. The Bertz CT molecular complexity index is 1150. The summed E-state index contributed by atoms with van der Waals surface area (Å²) in [6.07, 6.45) is 0.181. The number of hydrogen-bond acceptors (Lipinski definition) is 6. The van der Waals surface area contributed by atoms with Crippen LogP contribution in [0, 0.1) is 0 Å². The average Bonchev–Trinajstić information content (AvgIpc) is 3.12. The number of likely N-dealkylation sites (tertiary alicyclic amines) is 1. The highest BCUT2D eigenvalue weighted by molar-refractivity contribution is 5.93. The maximum absolute atomic E-state index is 13.6. The van der Waals surface area contributed by atoms with Crippen LogP contribution in [0.25, 0.3) is 10.9 Å². The predicted octanol–water partition coefficient (Wildman–Crippen LogP) is 3.82. The minimum absolute atomic E-state index is 0.119. The molecule has 1 saturated heterocycles. The topological polar surface area (TPSA) is 99.2 Å². The number of benzene rings is 1. The second kappa shape index (κ2) is 9.49. The van der Waals surface area contributed by atoms with Crippen LogP contribution in [0.15, 0.2) is 24.5 Å². The molecule has 1 saturated carbocycles. The number of carbonyl (C=O) groups excluding carboxylic acids is 2. The molecule has 0 spiro atoms. The van der Waals surface area contributed by atoms with Crippen molar-refractivity contribution in [2.75, 3.05) is 11.9 Å². The van der Waals surface area contributed by atoms with Gasteiger partial charge in [-0.05, 0) is 64.7 Å². The van der Waals surface area contributed by atoms with Gasteiger partial charge in [-0.25, -0.2) is 9.97 Å². The number of aromatic nitrogens is 2. The van der Waals surface area contributed by atoms with E-state index in [2.05, 4.69) is 46.7 Å². The van der Waals surface area contributed by atoms with Crippen molar-refractivity contribution in [2.45, 2.75) is 89.3 Å². The Morgan fingerprint density at radius 2 is 1.92 bits per heavy atom. The van der Waals surface area contributed by atoms with Gasteiger partial charge in [-0.3, -0.25) is 9.59 Å². The summed E-state index contributed by atoms with van der Waals surface area (Å²) in [7, 11) is 0. The normalized spacial score (nSPS) is 25.3. The van der Waals surface area contributed by atoms with Crippen molar-refractivity contribution in [3.8, 4) is 0 Å². The predicted molar refractivity (Wildman–Crippen MR) is 130 cm³/mol. The van der Waals surface area contributed by atoms with Crippen molar-refractivity contribution in [1.82, 2.24) is 25.5 Å². The van der Waals surface area contributed by atoms with E-state index in [1.165, 1.54) is 19.3 Å². The molecule has 3 atom stereocenters. The molecule has 2 heterocycles. The summed E-state index contributed by atoms with van der Waals surface area (Å²) in [4.78, 5) is 35.8. The van der Waals surface area contributed by atoms with Gasteiger partial charge in [0.2, 0.25) is 11.8 Å². The van der Waals surface area contributed by atoms with Gasteiger partial charge in [-0.2, -0.15) is 13.2 Å². The van der Waals surface area contributed by atoms with Crippen LogP contribution in [0.1, 0.15) is 65.4 Å². The van der Waals surface area contributed by atoms with Gasteiger partial charge in [0.1, 0.15) is 23.8 Å². The number of carbonyl (C=O) groups is 2. The van der Waals surface area contributed by atoms with E-state index in [0.717, 1.165) is 25.0 Å². The van der Waals surface area contributed by atoms with Gasteiger partial charge in [-0.15, -0.1) is 0 Å². The summed E-state index contributed by atoms with van der Waals surface area (Å²) in [6.45, 7) is 8.11. The first-order valence-electron chi connectivity index (χ1n) is 12.2. The van der Waals surface area contributed by atoms with Crippen LogP contribution in [0.4, 0.5) is 19.0 Å². The lowest BCUT2D eigenvalue weighted by atomic mass is 9.83. The Morgan fingerprint density at radius 1 is 1.17 bits per heavy atom. The number of alkyl halides is 3. The zero-order valence-electron chi connectivity index (χ0n) is 21.0. The molecule has 11 heteroatoms. The Hall–Kier alpha value is -2.95. The molecule has 0 unspecified atom stereocenters. The van der Waals surface area contributed by atoms with Crippen LogP contribution in [-0.2, 0) is 15.8 Å². The van der Waals surface area contributed by atoms with Crippen molar-refractivity contribution in [3.05, 3.63) is 30.1 Å². The van der Waals surface area contributed by atoms with E-state index in [4.69, 9.17) is 0 Å². The van der Waals surface area contributed by atoms with E-state index in [9.17, 15) is 22.8 Å². The molecule has 196 valence electrons. The maximum Gasteiger partial charge on any atom is 0.416 e. The number of fused-ring (bicyclic) bond motifs is 1. The number of amides is 2. The smallest absolute Gasteiger partial charge is 0.358 e. The van der Waals surface area contributed by atoms with Gasteiger partial charge in [0.05, 0.1) is 11.1 Å². The van der Waals surface area contributed by atoms with Crippen LogP contribution in [0.3, 0.4) is 0 Å². The number of nitrogens with one attached hydrogen (secondary N) is 3. The van der Waals surface area contributed by atoms with E-state index in [0.29, 0.717) is 31.3 Å². The third-order valence-electron chi connectivity index (χ3n) is 6.77. The molecule has 0 radical (unpaired) electrons. The van der Waals surface area contributed by atoms with E-state index in [-0.39, 0.29) is 34.6 Å². The van der Waals surface area contributed by atoms with Crippen LogP contribution < -0.4 is 16.0 Å². The van der Waals surface area contributed by atoms with Crippen molar-refractivity contribution in [3.63, 3.8) is 0 Å². The van der Waals surface area contributed by atoms with E-state index in [1.807, 2.05) is 0 Å². The van der Waals surface area contributed by atoms with Gasteiger partial charge in [0, 0.05) is 36.9 Å². The van der Waals surface area contributed by atoms with Gasteiger partial charge in [0.25, 0.3) is 0 Å². The third-order valence-corrected chi connectivity index (χ3v) is 6.77. The van der Waals surface area contributed by atoms with Crippen molar-refractivity contribution >= 4 is 28.5 Å². The summed E-state index contributed by atoms with van der Waals surface area (Å²) in [5.41, 5.74) is -1.40. The summed E-state index contributed by atoms with van der Waals surface area (Å²) in [5, 5.41) is 9.93. The third kappa shape index (κ3) is 5.55. The van der Waals surface area contributed by atoms with Crippen molar-refractivity contribution in [1.29, 1.82) is 0 Å². The fourth-order valence-electron chi connectivity index (χ4n) is 5.49. The van der Waals surface area contributed by atoms with Crippen molar-refractivity contribution in [2.24, 2.45) is 0 Å². The quantitative estimate of drug-likeness (QED) is 0.570. The molecule has 2 aliphatic rings. The first kappa shape index (κ1) is 26.1. The summed E-state index contributed by atoms with van der Waals surface area (Å²) >= 11 is 0. The van der Waals surface area contributed by atoms with E-state index >= 15 is 0 Å². The molecule has 1 aromatic heterocycles. The first-order valence-corrected chi connectivity index (χ1v) is 12.2. The molecule has 0 bridgehead atoms. The number of nitrogens with zero attached hydrogens (tertiary/aromatic N) is 3. The second-order valence-electron chi connectivity index (χ2n) is 10.8. The van der Waals surface area contributed by atoms with Crippen LogP contribution in [0.5, 0.6) is 0 Å². The highest BCUT2D eigenvalue weighted by Crippen LogP contribution is 2.37. The van der Waals surface area contributed by atoms with Gasteiger partial charge < -0.3 is 20.9 Å². The SMILES string of the molecule is CC(=O)N[C@@]1(N2CC[C@H](Nc3ncnc4ccc(C(F)(F)F)cc34)C2=O)CCC[C@@H](NC(C)(C)C)C1. The minimum Gasteiger partial charge on any atom is -0.358 e. The van der Waals surface area contributed by atoms with E-state index < -0.39 is 23.4 Å². The van der Waals surface area contributed by atoms with E-state index in [1.54, 1.807) is 4.90 Å². The number of rotatable bonds is 5. The zero-order valence-corrected chi connectivity index (χ0v) is 21.0.